The van der Waals surface area contributed by atoms with Crippen molar-refractivity contribution in [1.29, 1.82) is 0 Å². The van der Waals surface area contributed by atoms with Crippen LogP contribution in [0.5, 0.6) is 11.5 Å². The topological polar surface area (TPSA) is 254 Å². The summed E-state index contributed by atoms with van der Waals surface area (Å²) in [6.45, 7) is 20.5. The van der Waals surface area contributed by atoms with E-state index in [1.807, 2.05) is 13.0 Å². The lowest BCUT2D eigenvalue weighted by Crippen LogP contribution is -2.46. The number of alkyl carbamates (subject to hydrolysis) is 3. The maximum atomic E-state index is 15.1. The molecule has 1 aliphatic rings. The van der Waals surface area contributed by atoms with Crippen LogP contribution in [0.2, 0.25) is 0 Å². The van der Waals surface area contributed by atoms with Crippen molar-refractivity contribution in [3.05, 3.63) is 82.4 Å². The molecule has 0 radical (unpaired) electrons. The maximum absolute atomic E-state index is 15.1. The van der Waals surface area contributed by atoms with E-state index in [-0.39, 0.29) is 75.0 Å². The number of Topliss-reactive ketones (excluding diaryl/α,β-unsaturated/α-hetero) is 2. The van der Waals surface area contributed by atoms with Crippen molar-refractivity contribution in [2.45, 2.75) is 138 Å². The number of rotatable bonds is 17. The molecule has 404 valence electrons. The van der Waals surface area contributed by atoms with Crippen molar-refractivity contribution in [2.24, 2.45) is 11.8 Å². The number of nitrogens with one attached hydrogen (secondary N) is 4. The van der Waals surface area contributed by atoms with Crippen LogP contribution in [0.15, 0.2) is 54.6 Å². The zero-order chi connectivity index (χ0) is 55.3. The molecule has 19 nitrogen and oxygen atoms in total. The summed E-state index contributed by atoms with van der Waals surface area (Å²) in [4.78, 5) is 110. The van der Waals surface area contributed by atoms with E-state index < -0.39 is 89.0 Å². The second-order valence-electron chi connectivity index (χ2n) is 21.5. The number of aliphatic carboxylic acids is 1. The van der Waals surface area contributed by atoms with Crippen LogP contribution in [-0.4, -0.2) is 120 Å². The summed E-state index contributed by atoms with van der Waals surface area (Å²) in [5.41, 5.74) is 1.18. The van der Waals surface area contributed by atoms with Gasteiger partial charge in [-0.1, -0.05) is 42.8 Å². The summed E-state index contributed by atoms with van der Waals surface area (Å²) in [5, 5.41) is 20.9. The maximum Gasteiger partial charge on any atom is 0.407 e. The average molecular weight is 1030 g/mol. The Morgan fingerprint density at radius 1 is 0.703 bits per heavy atom. The van der Waals surface area contributed by atoms with Gasteiger partial charge in [0.05, 0.1) is 13.1 Å². The Bertz CT molecular complexity index is 2540. The van der Waals surface area contributed by atoms with Gasteiger partial charge in [-0.3, -0.25) is 19.2 Å². The van der Waals surface area contributed by atoms with Crippen molar-refractivity contribution in [3.8, 4) is 22.6 Å². The standard InChI is InChI=1S/C55H75N5O14/c1-32-14-17-38(33(2)26-32)42(61)31-37(20-21-56-50(67)72-53(4,5)6)48(64)60(13)46-36-16-19-45(71-25-23-58-52(69)74-55(10,11)12)40(30-36)39-28-35(29-41(49(65)66)59-47(63)34(3)27-43(46)62)15-18-44(39)70-24-22-57-51(68)73-54(7,8)9/h14-19,26,28,30,34,37,41,46H,20-25,27,29,31H2,1-13H3,(H,56,67)(H,57,68)(H,58,69)(H,59,63)(H,65,66)/t34-,37-,41+,46+/m1/s1. The fraction of sp³-hybridized carbons (Fsp3) is 0.527. The quantitative estimate of drug-likeness (QED) is 0.0491. The number of fused-ring (bicyclic) bond motifs is 5. The highest BCUT2D eigenvalue weighted by atomic mass is 16.6. The van der Waals surface area contributed by atoms with E-state index in [1.54, 1.807) is 118 Å². The highest BCUT2D eigenvalue weighted by Gasteiger charge is 2.37. The van der Waals surface area contributed by atoms with Gasteiger partial charge in [-0.25, -0.2) is 19.2 Å². The molecule has 0 fully saturated rings. The highest BCUT2D eigenvalue weighted by molar-refractivity contribution is 6.01. The van der Waals surface area contributed by atoms with Crippen molar-refractivity contribution < 1.29 is 67.1 Å². The molecule has 1 heterocycles. The van der Waals surface area contributed by atoms with E-state index in [4.69, 9.17) is 23.7 Å². The molecule has 0 saturated heterocycles. The smallest absolute Gasteiger partial charge is 0.407 e. The Kier molecular flexibility index (Phi) is 20.6. The summed E-state index contributed by atoms with van der Waals surface area (Å²) in [6, 6.07) is 12.3. The van der Waals surface area contributed by atoms with Crippen LogP contribution in [0.25, 0.3) is 11.1 Å². The summed E-state index contributed by atoms with van der Waals surface area (Å²) in [6.07, 6.45) is -2.97. The SMILES string of the molecule is Cc1ccc(C(=O)C[C@@H](CCNC(=O)OC(C)(C)C)C(=O)N(C)[C@@H]2C(=O)C[C@@H](C)C(=O)N[C@H](C(=O)O)Cc3ccc(OCCNC(=O)OC(C)(C)C)c(c3)-c3cc2ccc3OCCNC(=O)OC(C)(C)C)c(C)c1. The summed E-state index contributed by atoms with van der Waals surface area (Å²) in [5.74, 6) is -5.21. The first-order valence-electron chi connectivity index (χ1n) is 24.8. The van der Waals surface area contributed by atoms with E-state index >= 15 is 4.79 Å². The second kappa shape index (κ2) is 25.7. The molecular formula is C55H75N5O14. The zero-order valence-corrected chi connectivity index (χ0v) is 45.1. The van der Waals surface area contributed by atoms with E-state index in [9.17, 15) is 38.7 Å². The zero-order valence-electron chi connectivity index (χ0n) is 45.1. The monoisotopic (exact) mass is 1030 g/mol. The number of amides is 5. The van der Waals surface area contributed by atoms with E-state index in [1.165, 1.54) is 18.9 Å². The fourth-order valence-corrected chi connectivity index (χ4v) is 8.08. The number of carboxylic acid groups (broad SMARTS) is 1. The van der Waals surface area contributed by atoms with Gasteiger partial charge in [-0.05, 0) is 124 Å². The molecule has 0 saturated carbocycles. The van der Waals surface area contributed by atoms with Crippen LogP contribution in [0.4, 0.5) is 14.4 Å². The van der Waals surface area contributed by atoms with Gasteiger partial charge in [-0.2, -0.15) is 0 Å². The summed E-state index contributed by atoms with van der Waals surface area (Å²) < 4.78 is 28.8. The van der Waals surface area contributed by atoms with Crippen LogP contribution in [0.1, 0.15) is 127 Å². The molecule has 5 amide bonds. The minimum absolute atomic E-state index is 0.0110. The molecule has 5 N–H and O–H groups in total. The predicted molar refractivity (Wildman–Crippen MR) is 276 cm³/mol. The number of benzene rings is 3. The number of carbonyl (C=O) groups excluding carboxylic acids is 7. The molecule has 74 heavy (non-hydrogen) atoms. The predicted octanol–water partition coefficient (Wildman–Crippen LogP) is 7.80. The Morgan fingerprint density at radius 2 is 1.22 bits per heavy atom. The third-order valence-electron chi connectivity index (χ3n) is 11.4. The van der Waals surface area contributed by atoms with Gasteiger partial charge in [-0.15, -0.1) is 0 Å². The molecule has 19 heteroatoms. The lowest BCUT2D eigenvalue weighted by Gasteiger charge is -2.32. The second-order valence-corrected chi connectivity index (χ2v) is 21.5. The van der Waals surface area contributed by atoms with Gasteiger partial charge in [0.15, 0.2) is 11.6 Å². The molecule has 3 aromatic carbocycles. The number of ether oxygens (including phenoxy) is 5. The number of aryl methyl sites for hydroxylation is 2. The Hall–Kier alpha value is -7.18. The molecule has 3 aromatic rings. The van der Waals surface area contributed by atoms with Crippen molar-refractivity contribution >= 4 is 47.6 Å². The average Bonchev–Trinajstić information content (AvgIpc) is 3.26. The van der Waals surface area contributed by atoms with Gasteiger partial charge < -0.3 is 55.0 Å². The van der Waals surface area contributed by atoms with Crippen molar-refractivity contribution in [2.75, 3.05) is 39.9 Å². The van der Waals surface area contributed by atoms with Crippen molar-refractivity contribution in [1.82, 2.24) is 26.2 Å². The number of carboxylic acids is 1. The lowest BCUT2D eigenvalue weighted by atomic mass is 9.88. The number of carbonyl (C=O) groups is 8. The Balaban J connectivity index is 1.89. The Morgan fingerprint density at radius 3 is 1.73 bits per heavy atom. The third kappa shape index (κ3) is 18.7. The van der Waals surface area contributed by atoms with Gasteiger partial charge >= 0.3 is 24.2 Å². The van der Waals surface area contributed by atoms with Gasteiger partial charge in [0.2, 0.25) is 11.8 Å². The van der Waals surface area contributed by atoms with Gasteiger partial charge in [0.1, 0.15) is 53.6 Å². The largest absolute Gasteiger partial charge is 0.491 e. The summed E-state index contributed by atoms with van der Waals surface area (Å²) >= 11 is 0. The van der Waals surface area contributed by atoms with Crippen LogP contribution in [0, 0.1) is 25.7 Å². The Labute approximate surface area is 434 Å². The molecule has 4 bridgehead atoms. The number of nitrogens with zero attached hydrogens (tertiary/aromatic N) is 1. The number of hydrogen-bond acceptors (Lipinski definition) is 13. The lowest BCUT2D eigenvalue weighted by molar-refractivity contribution is -0.144. The molecular weight excluding hydrogens is 955 g/mol. The van der Waals surface area contributed by atoms with Crippen molar-refractivity contribution in [3.63, 3.8) is 0 Å². The molecule has 1 aliphatic heterocycles. The normalized spacial score (nSPS) is 16.5. The van der Waals surface area contributed by atoms with E-state index in [2.05, 4.69) is 21.3 Å². The van der Waals surface area contributed by atoms with E-state index in [0.717, 1.165) is 5.56 Å². The summed E-state index contributed by atoms with van der Waals surface area (Å²) in [7, 11) is 1.42. The number of likely N-dealkylation sites (N-methyl/N-ethyl adjacent to an activating group) is 1. The number of hydrogen-bond donors (Lipinski definition) is 5. The molecule has 0 spiro atoms. The molecule has 4 atom stereocenters. The minimum Gasteiger partial charge on any atom is -0.491 e. The van der Waals surface area contributed by atoms with Crippen LogP contribution < -0.4 is 30.7 Å². The fourth-order valence-electron chi connectivity index (χ4n) is 8.08. The first-order chi connectivity index (χ1) is 34.4. The minimum atomic E-state index is -1.42. The third-order valence-corrected chi connectivity index (χ3v) is 11.4. The first-order valence-corrected chi connectivity index (χ1v) is 24.8. The molecule has 0 aromatic heterocycles. The van der Waals surface area contributed by atoms with Crippen LogP contribution in [-0.2, 0) is 39.8 Å². The highest BCUT2D eigenvalue weighted by Crippen LogP contribution is 2.41. The number of ketones is 2. The molecule has 0 aliphatic carbocycles. The first kappa shape index (κ1) is 59.4. The van der Waals surface area contributed by atoms with Crippen LogP contribution >= 0.6 is 0 Å². The molecule has 4 rings (SSSR count). The molecule has 0 unspecified atom stereocenters. The van der Waals surface area contributed by atoms with Crippen LogP contribution in [0.3, 0.4) is 0 Å². The van der Waals surface area contributed by atoms with E-state index in [0.29, 0.717) is 27.8 Å². The van der Waals surface area contributed by atoms with Gasteiger partial charge in [0, 0.05) is 61.4 Å². The van der Waals surface area contributed by atoms with Gasteiger partial charge in [0.25, 0.3) is 0 Å².